The molecule has 0 atom stereocenters. The maximum absolute atomic E-state index is 13.2. The highest BCUT2D eigenvalue weighted by Crippen LogP contribution is 2.45. The van der Waals surface area contributed by atoms with Crippen molar-refractivity contribution in [3.8, 4) is 0 Å². The fourth-order valence-electron chi connectivity index (χ4n) is 3.45. The van der Waals surface area contributed by atoms with E-state index in [0.717, 1.165) is 32.7 Å². The van der Waals surface area contributed by atoms with Gasteiger partial charge in [-0.25, -0.2) is 9.80 Å². The highest BCUT2D eigenvalue weighted by atomic mass is 32.2. The van der Waals surface area contributed by atoms with E-state index in [1.807, 2.05) is 19.9 Å². The number of benzene rings is 2. The molecule has 4 rings (SSSR count). The van der Waals surface area contributed by atoms with Crippen molar-refractivity contribution >= 4 is 51.7 Å². The average molecular weight is 392 g/mol. The van der Waals surface area contributed by atoms with Gasteiger partial charge in [0.2, 0.25) is 5.91 Å². The molecule has 4 amide bonds. The molecule has 0 aliphatic carbocycles. The molecule has 6 nitrogen and oxygen atoms in total. The predicted octanol–water partition coefficient (Wildman–Crippen LogP) is 3.81. The Morgan fingerprint density at radius 3 is 2.29 bits per heavy atom. The van der Waals surface area contributed by atoms with E-state index in [1.54, 1.807) is 36.4 Å². The average Bonchev–Trinajstić information content (AvgIpc) is 3.10. The molecule has 0 aromatic heterocycles. The lowest BCUT2D eigenvalue weighted by Crippen LogP contribution is -2.32. The van der Waals surface area contributed by atoms with Crippen molar-refractivity contribution in [2.45, 2.75) is 20.8 Å². The predicted molar refractivity (Wildman–Crippen MR) is 108 cm³/mol. The molecule has 2 aliphatic rings. The molecule has 2 aromatic rings. The van der Waals surface area contributed by atoms with Gasteiger partial charge in [-0.1, -0.05) is 30.3 Å². The van der Waals surface area contributed by atoms with Gasteiger partial charge in [0.05, 0.1) is 21.9 Å². The summed E-state index contributed by atoms with van der Waals surface area (Å²) in [7, 11) is 0. The Labute approximate surface area is 165 Å². The smallest absolute Gasteiger partial charge is 0.274 e. The first-order chi connectivity index (χ1) is 13.3. The van der Waals surface area contributed by atoms with E-state index in [9.17, 15) is 19.2 Å². The van der Waals surface area contributed by atoms with Crippen molar-refractivity contribution in [3.63, 3.8) is 0 Å². The zero-order chi connectivity index (χ0) is 20.2. The Bertz CT molecular complexity index is 1120. The number of carbonyl (C=O) groups excluding carboxylic acids is 4. The standard InChI is InChI=1S/C21H16N2O4S/c1-11-7-6-10-15(12(11)2)23-20(26)18(28-21(23)27)17-14-8-4-5-9-16(14)22(13(3)24)19(17)25/h4-10H,1-3H3/b18-17-. The van der Waals surface area contributed by atoms with Crippen LogP contribution in [0.25, 0.3) is 5.57 Å². The Balaban J connectivity index is 1.89. The minimum Gasteiger partial charge on any atom is -0.274 e. The van der Waals surface area contributed by atoms with Gasteiger partial charge >= 0.3 is 0 Å². The largest absolute Gasteiger partial charge is 0.298 e. The maximum atomic E-state index is 13.2. The second-order valence-electron chi connectivity index (χ2n) is 6.61. The summed E-state index contributed by atoms with van der Waals surface area (Å²) in [5.74, 6) is -1.58. The number of aryl methyl sites for hydroxylation is 1. The van der Waals surface area contributed by atoms with E-state index in [2.05, 4.69) is 0 Å². The van der Waals surface area contributed by atoms with Crippen LogP contribution < -0.4 is 9.80 Å². The monoisotopic (exact) mass is 392 g/mol. The summed E-state index contributed by atoms with van der Waals surface area (Å²) in [6, 6.07) is 12.2. The number of nitrogens with zero attached hydrogens (tertiary/aromatic N) is 2. The number of fused-ring (bicyclic) bond motifs is 1. The van der Waals surface area contributed by atoms with Gasteiger partial charge in [0, 0.05) is 12.5 Å². The minimum atomic E-state index is -0.583. The van der Waals surface area contributed by atoms with Crippen molar-refractivity contribution in [1.82, 2.24) is 0 Å². The third kappa shape index (κ3) is 2.51. The third-order valence-electron chi connectivity index (χ3n) is 4.96. The molecule has 28 heavy (non-hydrogen) atoms. The minimum absolute atomic E-state index is 0.0482. The number of thioether (sulfide) groups is 1. The van der Waals surface area contributed by atoms with Crippen LogP contribution in [0.5, 0.6) is 0 Å². The lowest BCUT2D eigenvalue weighted by molar-refractivity contribution is -0.122. The number of hydrogen-bond donors (Lipinski definition) is 0. The molecule has 1 fully saturated rings. The Hall–Kier alpha value is -3.19. The van der Waals surface area contributed by atoms with E-state index in [0.29, 0.717) is 16.9 Å². The Kier molecular flexibility index (Phi) is 4.19. The van der Waals surface area contributed by atoms with Gasteiger partial charge in [0.15, 0.2) is 0 Å². The molecule has 2 heterocycles. The molecule has 7 heteroatoms. The van der Waals surface area contributed by atoms with E-state index < -0.39 is 23.0 Å². The first kappa shape index (κ1) is 18.2. The van der Waals surface area contributed by atoms with Gasteiger partial charge in [-0.15, -0.1) is 0 Å². The molecule has 2 aliphatic heterocycles. The first-order valence-corrected chi connectivity index (χ1v) is 9.45. The number of imide groups is 2. The molecule has 0 saturated carbocycles. The van der Waals surface area contributed by atoms with Crippen molar-refractivity contribution < 1.29 is 19.2 Å². The van der Waals surface area contributed by atoms with Crippen molar-refractivity contribution in [2.24, 2.45) is 0 Å². The quantitative estimate of drug-likeness (QED) is 0.690. The van der Waals surface area contributed by atoms with Crippen LogP contribution in [0.3, 0.4) is 0 Å². The molecule has 2 aromatic carbocycles. The molecule has 0 radical (unpaired) electrons. The summed E-state index contributed by atoms with van der Waals surface area (Å²) in [4.78, 5) is 53.0. The number of rotatable bonds is 1. The van der Waals surface area contributed by atoms with Crippen LogP contribution in [0.15, 0.2) is 47.4 Å². The van der Waals surface area contributed by atoms with Gasteiger partial charge in [0.1, 0.15) is 0 Å². The molecule has 0 unspecified atom stereocenters. The van der Waals surface area contributed by atoms with E-state index in [1.165, 1.54) is 6.92 Å². The topological polar surface area (TPSA) is 74.8 Å². The van der Waals surface area contributed by atoms with Gasteiger partial charge in [-0.05, 0) is 48.9 Å². The van der Waals surface area contributed by atoms with Crippen LogP contribution in [0.2, 0.25) is 0 Å². The van der Waals surface area contributed by atoms with Gasteiger partial charge in [-0.2, -0.15) is 0 Å². The molecule has 1 saturated heterocycles. The number of anilines is 2. The van der Waals surface area contributed by atoms with Crippen LogP contribution >= 0.6 is 11.8 Å². The second kappa shape index (κ2) is 6.45. The summed E-state index contributed by atoms with van der Waals surface area (Å²) in [6.07, 6.45) is 0. The van der Waals surface area contributed by atoms with Crippen molar-refractivity contribution in [2.75, 3.05) is 9.80 Å². The highest BCUT2D eigenvalue weighted by Gasteiger charge is 2.45. The first-order valence-electron chi connectivity index (χ1n) is 8.64. The van der Waals surface area contributed by atoms with Crippen LogP contribution in [0, 0.1) is 13.8 Å². The lowest BCUT2D eigenvalue weighted by atomic mass is 10.1. The molecular formula is C21H16N2O4S. The van der Waals surface area contributed by atoms with E-state index >= 15 is 0 Å². The van der Waals surface area contributed by atoms with Crippen LogP contribution in [-0.4, -0.2) is 23.0 Å². The van der Waals surface area contributed by atoms with E-state index in [4.69, 9.17) is 0 Å². The maximum Gasteiger partial charge on any atom is 0.298 e. The number of hydrogen-bond acceptors (Lipinski definition) is 5. The van der Waals surface area contributed by atoms with E-state index in [-0.39, 0.29) is 10.5 Å². The molecule has 0 bridgehead atoms. The molecule has 0 N–H and O–H groups in total. The zero-order valence-corrected chi connectivity index (χ0v) is 16.3. The van der Waals surface area contributed by atoms with Crippen molar-refractivity contribution in [1.29, 1.82) is 0 Å². The summed E-state index contributed by atoms with van der Waals surface area (Å²) in [5, 5.41) is -0.465. The summed E-state index contributed by atoms with van der Waals surface area (Å²) < 4.78 is 0. The Morgan fingerprint density at radius 2 is 1.57 bits per heavy atom. The van der Waals surface area contributed by atoms with Gasteiger partial charge in [0.25, 0.3) is 17.1 Å². The Morgan fingerprint density at radius 1 is 0.893 bits per heavy atom. The third-order valence-corrected chi connectivity index (χ3v) is 5.90. The van der Waals surface area contributed by atoms with Crippen LogP contribution in [-0.2, 0) is 14.4 Å². The van der Waals surface area contributed by atoms with Gasteiger partial charge in [-0.3, -0.25) is 19.2 Å². The number of para-hydroxylation sites is 1. The van der Waals surface area contributed by atoms with Crippen LogP contribution in [0.4, 0.5) is 16.2 Å². The lowest BCUT2D eigenvalue weighted by Gasteiger charge is -2.16. The zero-order valence-electron chi connectivity index (χ0n) is 15.5. The van der Waals surface area contributed by atoms with Gasteiger partial charge < -0.3 is 0 Å². The number of amides is 4. The molecule has 0 spiro atoms. The summed E-state index contributed by atoms with van der Waals surface area (Å²) >= 11 is 0.728. The normalized spacial score (nSPS) is 18.9. The fraction of sp³-hybridized carbons (Fsp3) is 0.143. The van der Waals surface area contributed by atoms with Crippen molar-refractivity contribution in [3.05, 3.63) is 64.1 Å². The fourth-order valence-corrected chi connectivity index (χ4v) is 4.38. The SMILES string of the molecule is CC(=O)N1C(=O)/C(=C2\SC(=O)N(c3cccc(C)c3C)C2=O)c2ccccc21. The molecule has 140 valence electrons. The molecular weight excluding hydrogens is 376 g/mol. The number of carbonyl (C=O) groups is 4. The summed E-state index contributed by atoms with van der Waals surface area (Å²) in [6.45, 7) is 5.03. The second-order valence-corrected chi connectivity index (χ2v) is 7.57. The van der Waals surface area contributed by atoms with Crippen LogP contribution in [0.1, 0.15) is 23.6 Å². The highest BCUT2D eigenvalue weighted by molar-refractivity contribution is 8.19. The summed E-state index contributed by atoms with van der Waals surface area (Å²) in [5.41, 5.74) is 3.28.